The van der Waals surface area contributed by atoms with E-state index in [0.29, 0.717) is 12.5 Å². The quantitative estimate of drug-likeness (QED) is 0.870. The molecule has 6 nitrogen and oxygen atoms in total. The summed E-state index contributed by atoms with van der Waals surface area (Å²) in [5, 5.41) is 2.90. The molecule has 1 aliphatic heterocycles. The topological polar surface area (TPSA) is 67.9 Å². The summed E-state index contributed by atoms with van der Waals surface area (Å²) in [5.74, 6) is 1.21. The van der Waals surface area contributed by atoms with Crippen molar-refractivity contribution in [1.82, 2.24) is 10.2 Å². The monoisotopic (exact) mass is 312 g/mol. The normalized spacial score (nSPS) is 25.5. The first-order chi connectivity index (χ1) is 10.3. The molecule has 0 aromatic heterocycles. The second kappa shape index (κ2) is 6.75. The summed E-state index contributed by atoms with van der Waals surface area (Å²) in [6.07, 6.45) is 3.85. The van der Waals surface area contributed by atoms with Crippen molar-refractivity contribution < 1.29 is 19.1 Å². The Hall–Kier alpha value is -1.46. The molecule has 0 aromatic rings. The van der Waals surface area contributed by atoms with Crippen LogP contribution in [-0.2, 0) is 9.47 Å². The summed E-state index contributed by atoms with van der Waals surface area (Å²) >= 11 is 0. The second-order valence-electron chi connectivity index (χ2n) is 7.50. The highest BCUT2D eigenvalue weighted by atomic mass is 16.6. The van der Waals surface area contributed by atoms with Gasteiger partial charge in [0.1, 0.15) is 5.60 Å². The number of alkyl carbamates (subject to hydrolysis) is 1. The zero-order valence-corrected chi connectivity index (χ0v) is 14.1. The van der Waals surface area contributed by atoms with Gasteiger partial charge in [0.2, 0.25) is 0 Å². The van der Waals surface area contributed by atoms with Crippen LogP contribution in [0.25, 0.3) is 0 Å². The third-order valence-corrected chi connectivity index (χ3v) is 4.05. The smallest absolute Gasteiger partial charge is 0.409 e. The molecule has 2 rings (SSSR count). The van der Waals surface area contributed by atoms with Crippen molar-refractivity contribution in [2.24, 2.45) is 11.8 Å². The van der Waals surface area contributed by atoms with E-state index in [4.69, 9.17) is 9.47 Å². The number of nitrogens with zero attached hydrogens (tertiary/aromatic N) is 1. The van der Waals surface area contributed by atoms with Gasteiger partial charge in [-0.3, -0.25) is 0 Å². The van der Waals surface area contributed by atoms with Crippen LogP contribution in [0.4, 0.5) is 9.59 Å². The number of ether oxygens (including phenoxy) is 2. The summed E-state index contributed by atoms with van der Waals surface area (Å²) < 4.78 is 10.1. The lowest BCUT2D eigenvalue weighted by Gasteiger charge is -2.37. The minimum absolute atomic E-state index is 0.0774. The fourth-order valence-electron chi connectivity index (χ4n) is 3.06. The van der Waals surface area contributed by atoms with Crippen LogP contribution in [0.3, 0.4) is 0 Å². The molecule has 0 aromatic carbocycles. The molecule has 126 valence electrons. The SMILES string of the molecule is COC(=O)N1CC(CC2CC2)CC(NC(=O)OC(C)(C)C)C1. The molecule has 1 aliphatic carbocycles. The predicted molar refractivity (Wildman–Crippen MR) is 82.6 cm³/mol. The average Bonchev–Trinajstić information content (AvgIpc) is 3.18. The molecule has 1 heterocycles. The van der Waals surface area contributed by atoms with E-state index in [0.717, 1.165) is 25.3 Å². The van der Waals surface area contributed by atoms with Crippen molar-refractivity contribution in [3.05, 3.63) is 0 Å². The van der Waals surface area contributed by atoms with Gasteiger partial charge in [-0.05, 0) is 45.4 Å². The number of piperidine rings is 1. The largest absolute Gasteiger partial charge is 0.453 e. The molecule has 0 spiro atoms. The number of methoxy groups -OCH3 is 1. The molecule has 0 radical (unpaired) electrons. The molecule has 6 heteroatoms. The fourth-order valence-corrected chi connectivity index (χ4v) is 3.06. The van der Waals surface area contributed by atoms with Gasteiger partial charge in [0.25, 0.3) is 0 Å². The molecule has 2 aliphatic rings. The third kappa shape index (κ3) is 5.39. The molecule has 2 unspecified atom stereocenters. The van der Waals surface area contributed by atoms with Crippen LogP contribution in [0, 0.1) is 11.8 Å². The van der Waals surface area contributed by atoms with Crippen LogP contribution in [0.1, 0.15) is 46.5 Å². The maximum atomic E-state index is 11.9. The molecule has 1 saturated heterocycles. The lowest BCUT2D eigenvalue weighted by molar-refractivity contribution is 0.0430. The highest BCUT2D eigenvalue weighted by molar-refractivity contribution is 5.69. The maximum absolute atomic E-state index is 11.9. The number of nitrogens with one attached hydrogen (secondary N) is 1. The summed E-state index contributed by atoms with van der Waals surface area (Å²) in [6, 6.07) is -0.0774. The molecular weight excluding hydrogens is 284 g/mol. The minimum atomic E-state index is -0.520. The van der Waals surface area contributed by atoms with E-state index in [-0.39, 0.29) is 12.1 Å². The van der Waals surface area contributed by atoms with Crippen molar-refractivity contribution >= 4 is 12.2 Å². The Morgan fingerprint density at radius 3 is 2.41 bits per heavy atom. The fraction of sp³-hybridized carbons (Fsp3) is 0.875. The van der Waals surface area contributed by atoms with Gasteiger partial charge in [0, 0.05) is 13.1 Å². The molecule has 22 heavy (non-hydrogen) atoms. The van der Waals surface area contributed by atoms with Crippen LogP contribution in [0.15, 0.2) is 0 Å². The van der Waals surface area contributed by atoms with Crippen LogP contribution in [-0.4, -0.2) is 48.9 Å². The van der Waals surface area contributed by atoms with Crippen molar-refractivity contribution in [2.45, 2.75) is 58.1 Å². The molecule has 2 atom stereocenters. The number of carbonyl (C=O) groups excluding carboxylic acids is 2. The van der Waals surface area contributed by atoms with Gasteiger partial charge < -0.3 is 19.7 Å². The third-order valence-electron chi connectivity index (χ3n) is 4.05. The van der Waals surface area contributed by atoms with Crippen molar-refractivity contribution in [3.63, 3.8) is 0 Å². The summed E-state index contributed by atoms with van der Waals surface area (Å²) in [6.45, 7) is 6.71. The maximum Gasteiger partial charge on any atom is 0.409 e. The highest BCUT2D eigenvalue weighted by Gasteiger charge is 2.35. The predicted octanol–water partition coefficient (Wildman–Crippen LogP) is 2.77. The van der Waals surface area contributed by atoms with E-state index >= 15 is 0 Å². The summed E-state index contributed by atoms with van der Waals surface area (Å²) in [4.78, 5) is 25.5. The van der Waals surface area contributed by atoms with Crippen LogP contribution in [0.5, 0.6) is 0 Å². The zero-order chi connectivity index (χ0) is 16.3. The summed E-state index contributed by atoms with van der Waals surface area (Å²) in [7, 11) is 1.39. The van der Waals surface area contributed by atoms with Crippen molar-refractivity contribution in [3.8, 4) is 0 Å². The Morgan fingerprint density at radius 1 is 1.18 bits per heavy atom. The van der Waals surface area contributed by atoms with Gasteiger partial charge in [-0.25, -0.2) is 9.59 Å². The van der Waals surface area contributed by atoms with Crippen LogP contribution < -0.4 is 5.32 Å². The molecule has 2 amide bonds. The van der Waals surface area contributed by atoms with Crippen LogP contribution >= 0.6 is 0 Å². The Morgan fingerprint density at radius 2 is 1.86 bits per heavy atom. The number of carbonyl (C=O) groups is 2. The molecule has 0 bridgehead atoms. The van der Waals surface area contributed by atoms with Gasteiger partial charge in [0.15, 0.2) is 0 Å². The standard InChI is InChI=1S/C16H28N2O4/c1-16(2,3)22-14(19)17-13-8-12(7-11-5-6-11)9-18(10-13)15(20)21-4/h11-13H,5-10H2,1-4H3,(H,17,19). The van der Waals surface area contributed by atoms with E-state index in [9.17, 15) is 9.59 Å². The number of likely N-dealkylation sites (tertiary alicyclic amines) is 1. The molecule has 2 fully saturated rings. The van der Waals surface area contributed by atoms with E-state index in [1.54, 1.807) is 4.90 Å². The van der Waals surface area contributed by atoms with E-state index < -0.39 is 11.7 Å². The van der Waals surface area contributed by atoms with E-state index in [2.05, 4.69) is 5.32 Å². The Balaban J connectivity index is 1.92. The first-order valence-corrected chi connectivity index (χ1v) is 8.09. The average molecular weight is 312 g/mol. The Bertz CT molecular complexity index is 415. The first-order valence-electron chi connectivity index (χ1n) is 8.09. The van der Waals surface area contributed by atoms with Gasteiger partial charge in [-0.1, -0.05) is 12.8 Å². The molecular formula is C16H28N2O4. The Kier molecular flexibility index (Phi) is 5.19. The lowest BCUT2D eigenvalue weighted by Crippen LogP contribution is -2.53. The van der Waals surface area contributed by atoms with Crippen molar-refractivity contribution in [2.75, 3.05) is 20.2 Å². The Labute approximate surface area is 132 Å². The highest BCUT2D eigenvalue weighted by Crippen LogP contribution is 2.37. The molecule has 1 N–H and O–H groups in total. The minimum Gasteiger partial charge on any atom is -0.453 e. The number of hydrogen-bond donors (Lipinski definition) is 1. The number of amides is 2. The lowest BCUT2D eigenvalue weighted by atomic mass is 9.90. The van der Waals surface area contributed by atoms with Gasteiger partial charge in [0.05, 0.1) is 13.2 Å². The van der Waals surface area contributed by atoms with Crippen LogP contribution in [0.2, 0.25) is 0 Å². The van der Waals surface area contributed by atoms with Gasteiger partial charge in [-0.2, -0.15) is 0 Å². The van der Waals surface area contributed by atoms with Gasteiger partial charge in [-0.15, -0.1) is 0 Å². The number of hydrogen-bond acceptors (Lipinski definition) is 4. The molecule has 1 saturated carbocycles. The number of rotatable bonds is 3. The zero-order valence-electron chi connectivity index (χ0n) is 14.1. The summed E-state index contributed by atoms with van der Waals surface area (Å²) in [5.41, 5.74) is -0.520. The first kappa shape index (κ1) is 16.9. The van der Waals surface area contributed by atoms with Gasteiger partial charge >= 0.3 is 12.2 Å². The van der Waals surface area contributed by atoms with E-state index in [1.165, 1.54) is 20.0 Å². The second-order valence-corrected chi connectivity index (χ2v) is 7.50. The van der Waals surface area contributed by atoms with E-state index in [1.807, 2.05) is 20.8 Å². The van der Waals surface area contributed by atoms with Crippen molar-refractivity contribution in [1.29, 1.82) is 0 Å².